The number of benzene rings is 1. The average molecular weight is 272 g/mol. The van der Waals surface area contributed by atoms with Crippen LogP contribution >= 0.6 is 0 Å². The minimum atomic E-state index is 1.04. The molecule has 0 amide bonds. The molecule has 0 atom stereocenters. The summed E-state index contributed by atoms with van der Waals surface area (Å²) in [4.78, 5) is 8.34. The Balaban J connectivity index is 0.000000312. The van der Waals surface area contributed by atoms with Gasteiger partial charge in [-0.2, -0.15) is 0 Å². The Morgan fingerprint density at radius 3 is 2.00 bits per heavy atom. The van der Waals surface area contributed by atoms with E-state index in [2.05, 4.69) is 41.2 Å². The number of para-hydroxylation sites is 1. The van der Waals surface area contributed by atoms with Crippen molar-refractivity contribution >= 4 is 17.1 Å². The van der Waals surface area contributed by atoms with Gasteiger partial charge in [-0.15, -0.1) is 0 Å². The molecule has 3 rings (SSSR count). The number of allylic oxidation sites excluding steroid dienone is 1. The van der Waals surface area contributed by atoms with Crippen molar-refractivity contribution in [1.82, 2.24) is 0 Å². The zero-order chi connectivity index (χ0) is 15.4. The smallest absolute Gasteiger partial charge is 0.0664 e. The van der Waals surface area contributed by atoms with Crippen LogP contribution in [0.3, 0.4) is 0 Å². The van der Waals surface area contributed by atoms with E-state index >= 15 is 0 Å². The average Bonchev–Trinajstić information content (AvgIpc) is 3.11. The van der Waals surface area contributed by atoms with Crippen LogP contribution in [0.1, 0.15) is 53.5 Å². The van der Waals surface area contributed by atoms with Crippen molar-refractivity contribution in [3.05, 3.63) is 42.1 Å². The van der Waals surface area contributed by atoms with Gasteiger partial charge in [-0.1, -0.05) is 52.0 Å². The third-order valence-corrected chi connectivity index (χ3v) is 2.56. The van der Waals surface area contributed by atoms with Gasteiger partial charge in [0, 0.05) is 30.5 Å². The largest absolute Gasteiger partial charge is 0.266 e. The molecular formula is C18H28N2. The maximum atomic E-state index is 4.37. The molecule has 0 saturated carbocycles. The highest BCUT2D eigenvalue weighted by Gasteiger charge is 2.08. The van der Waals surface area contributed by atoms with Gasteiger partial charge >= 0.3 is 0 Å². The van der Waals surface area contributed by atoms with E-state index in [4.69, 9.17) is 0 Å². The molecule has 1 aromatic carbocycles. The molecule has 110 valence electrons. The van der Waals surface area contributed by atoms with Crippen LogP contribution in [0.2, 0.25) is 0 Å². The monoisotopic (exact) mass is 272 g/mol. The number of hydrogen-bond acceptors (Lipinski definition) is 2. The van der Waals surface area contributed by atoms with E-state index in [0.29, 0.717) is 0 Å². The van der Waals surface area contributed by atoms with E-state index in [0.717, 1.165) is 18.5 Å². The van der Waals surface area contributed by atoms with Gasteiger partial charge in [0.2, 0.25) is 0 Å². The molecule has 2 aliphatic heterocycles. The van der Waals surface area contributed by atoms with Crippen LogP contribution < -0.4 is 0 Å². The molecule has 20 heavy (non-hydrogen) atoms. The van der Waals surface area contributed by atoms with Gasteiger partial charge in [0.25, 0.3) is 0 Å². The fourth-order valence-electron chi connectivity index (χ4n) is 1.75. The summed E-state index contributed by atoms with van der Waals surface area (Å²) in [6, 6.07) is 8.29. The Morgan fingerprint density at radius 2 is 1.55 bits per heavy atom. The zero-order valence-corrected chi connectivity index (χ0v) is 13.8. The molecule has 0 radical (unpaired) electrons. The normalized spacial score (nSPS) is 13.5. The number of nitrogens with zero attached hydrogens (tertiary/aromatic N) is 2. The molecule has 0 saturated heterocycles. The molecule has 2 nitrogen and oxygen atoms in total. The summed E-state index contributed by atoms with van der Waals surface area (Å²) in [7, 11) is 0. The molecule has 0 aromatic heterocycles. The summed E-state index contributed by atoms with van der Waals surface area (Å²) in [6.45, 7) is 12.1. The standard InChI is InChI=1S/C9H9N.C5H7N.2C2H6/c1-7-6-8-4-2-3-5-9(8)10-7;1-5-3-2-4-6-5;2*1-2/h2-5H,6H2,1H3;2,4H,3H2,1H3;2*1-2H3. The number of rotatable bonds is 0. The van der Waals surface area contributed by atoms with Crippen LogP contribution in [0.25, 0.3) is 0 Å². The predicted octanol–water partition coefficient (Wildman–Crippen LogP) is 5.75. The molecule has 0 unspecified atom stereocenters. The Morgan fingerprint density at radius 1 is 0.900 bits per heavy atom. The van der Waals surface area contributed by atoms with Crippen LogP contribution in [0.4, 0.5) is 5.69 Å². The third-order valence-electron chi connectivity index (χ3n) is 2.56. The van der Waals surface area contributed by atoms with Gasteiger partial charge in [-0.05, 0) is 25.5 Å². The number of hydrogen-bond donors (Lipinski definition) is 0. The fraction of sp³-hybridized carbons (Fsp3) is 0.444. The lowest BCUT2D eigenvalue weighted by molar-refractivity contribution is 1.39. The van der Waals surface area contributed by atoms with Crippen LogP contribution in [0, 0.1) is 0 Å². The van der Waals surface area contributed by atoms with Gasteiger partial charge in [0.1, 0.15) is 0 Å². The molecule has 2 heteroatoms. The maximum absolute atomic E-state index is 4.37. The predicted molar refractivity (Wildman–Crippen MR) is 92.5 cm³/mol. The van der Waals surface area contributed by atoms with Crippen molar-refractivity contribution in [3.63, 3.8) is 0 Å². The van der Waals surface area contributed by atoms with E-state index in [1.807, 2.05) is 46.9 Å². The molecule has 0 aliphatic carbocycles. The zero-order valence-electron chi connectivity index (χ0n) is 13.8. The van der Waals surface area contributed by atoms with E-state index in [9.17, 15) is 0 Å². The molecular weight excluding hydrogens is 244 g/mol. The Labute approximate surface area is 124 Å². The first-order valence-corrected chi connectivity index (χ1v) is 7.56. The second-order valence-electron chi connectivity index (χ2n) is 4.11. The van der Waals surface area contributed by atoms with Crippen molar-refractivity contribution in [3.8, 4) is 0 Å². The van der Waals surface area contributed by atoms with E-state index in [1.54, 1.807) is 0 Å². The van der Waals surface area contributed by atoms with Crippen molar-refractivity contribution in [2.24, 2.45) is 9.98 Å². The fourth-order valence-corrected chi connectivity index (χ4v) is 1.75. The quantitative estimate of drug-likeness (QED) is 0.574. The second kappa shape index (κ2) is 11.2. The van der Waals surface area contributed by atoms with Crippen molar-refractivity contribution in [1.29, 1.82) is 0 Å². The van der Waals surface area contributed by atoms with E-state index < -0.39 is 0 Å². The first kappa shape index (κ1) is 18.3. The highest BCUT2D eigenvalue weighted by Crippen LogP contribution is 2.25. The number of fused-ring (bicyclic) bond motifs is 1. The SMILES string of the molecule is CC.CC.CC1=NC=CC1.CC1=Nc2ccccc2C1. The lowest BCUT2D eigenvalue weighted by Gasteiger charge is -1.91. The lowest BCUT2D eigenvalue weighted by Crippen LogP contribution is -1.87. The minimum absolute atomic E-state index is 1.04. The topological polar surface area (TPSA) is 24.7 Å². The van der Waals surface area contributed by atoms with Crippen LogP contribution in [-0.2, 0) is 6.42 Å². The van der Waals surface area contributed by atoms with Crippen molar-refractivity contribution in [2.45, 2.75) is 54.4 Å². The Hall–Kier alpha value is -1.70. The highest BCUT2D eigenvalue weighted by atomic mass is 14.8. The summed E-state index contributed by atoms with van der Waals surface area (Å²) in [5, 5.41) is 0. The van der Waals surface area contributed by atoms with Gasteiger partial charge in [-0.25, -0.2) is 0 Å². The molecule has 0 spiro atoms. The summed E-state index contributed by atoms with van der Waals surface area (Å²) in [5.74, 6) is 0. The minimum Gasteiger partial charge on any atom is -0.266 e. The highest BCUT2D eigenvalue weighted by molar-refractivity contribution is 5.91. The Kier molecular flexibility index (Phi) is 10.2. The first-order valence-electron chi connectivity index (χ1n) is 7.56. The first-order chi connectivity index (χ1) is 9.75. The summed E-state index contributed by atoms with van der Waals surface area (Å²) < 4.78 is 0. The van der Waals surface area contributed by atoms with E-state index in [1.165, 1.54) is 17.0 Å². The summed E-state index contributed by atoms with van der Waals surface area (Å²) in [5.41, 5.74) is 4.95. The maximum Gasteiger partial charge on any atom is 0.0664 e. The number of aliphatic imine (C=N–C) groups is 2. The second-order valence-corrected chi connectivity index (χ2v) is 4.11. The van der Waals surface area contributed by atoms with Crippen molar-refractivity contribution in [2.75, 3.05) is 0 Å². The van der Waals surface area contributed by atoms with Crippen LogP contribution in [0.5, 0.6) is 0 Å². The van der Waals surface area contributed by atoms with Gasteiger partial charge < -0.3 is 0 Å². The summed E-state index contributed by atoms with van der Waals surface area (Å²) >= 11 is 0. The third kappa shape index (κ3) is 6.46. The molecule has 0 N–H and O–H groups in total. The van der Waals surface area contributed by atoms with Gasteiger partial charge in [-0.3, -0.25) is 9.98 Å². The molecule has 2 heterocycles. The van der Waals surface area contributed by atoms with Crippen LogP contribution in [-0.4, -0.2) is 11.4 Å². The van der Waals surface area contributed by atoms with E-state index in [-0.39, 0.29) is 0 Å². The molecule has 0 bridgehead atoms. The van der Waals surface area contributed by atoms with Crippen molar-refractivity contribution < 1.29 is 0 Å². The Bertz CT molecular complexity index is 468. The summed E-state index contributed by atoms with van der Waals surface area (Å²) in [6.07, 6.45) is 5.99. The molecule has 0 fully saturated rings. The molecule has 1 aromatic rings. The van der Waals surface area contributed by atoms with Gasteiger partial charge in [0.15, 0.2) is 0 Å². The lowest BCUT2D eigenvalue weighted by atomic mass is 10.1. The van der Waals surface area contributed by atoms with Gasteiger partial charge in [0.05, 0.1) is 5.69 Å². The molecule has 2 aliphatic rings. The van der Waals surface area contributed by atoms with Crippen LogP contribution in [0.15, 0.2) is 46.5 Å².